The highest BCUT2D eigenvalue weighted by molar-refractivity contribution is 6.26. The zero-order valence-corrected chi connectivity index (χ0v) is 15.4. The van der Waals surface area contributed by atoms with E-state index in [-0.39, 0.29) is 18.2 Å². The van der Waals surface area contributed by atoms with Gasteiger partial charge in [0.1, 0.15) is 5.54 Å². The third kappa shape index (κ3) is 2.10. The summed E-state index contributed by atoms with van der Waals surface area (Å²) in [5, 5.41) is 3.13. The second-order valence-electron chi connectivity index (χ2n) is 7.07. The van der Waals surface area contributed by atoms with E-state index >= 15 is 0 Å². The first-order valence-corrected chi connectivity index (χ1v) is 8.74. The minimum atomic E-state index is -1.72. The molecule has 2 aromatic carbocycles. The maximum Gasteiger partial charge on any atom is 0.342 e. The number of anilines is 1. The molecule has 6 nitrogen and oxygen atoms in total. The molecule has 1 N–H and O–H groups in total. The SMILES string of the molecule is COC(=O)C1(C2(c3ccc(C)cc3)CN2C(C)=O)Nc2ccccc2C1=O. The number of ether oxygens (including phenoxy) is 1. The first kappa shape index (κ1) is 17.3. The van der Waals surface area contributed by atoms with E-state index in [2.05, 4.69) is 5.32 Å². The maximum atomic E-state index is 13.5. The van der Waals surface area contributed by atoms with Gasteiger partial charge in [-0.1, -0.05) is 42.0 Å². The molecule has 27 heavy (non-hydrogen) atoms. The molecule has 2 atom stereocenters. The van der Waals surface area contributed by atoms with Gasteiger partial charge < -0.3 is 15.0 Å². The van der Waals surface area contributed by atoms with E-state index < -0.39 is 17.0 Å². The average Bonchev–Trinajstić information content (AvgIpc) is 3.36. The van der Waals surface area contributed by atoms with Crippen molar-refractivity contribution in [3.8, 4) is 0 Å². The fourth-order valence-corrected chi connectivity index (χ4v) is 4.20. The number of carbonyl (C=O) groups is 3. The molecule has 0 bridgehead atoms. The molecule has 0 aromatic heterocycles. The van der Waals surface area contributed by atoms with Crippen LogP contribution in [0.4, 0.5) is 5.69 Å². The highest BCUT2D eigenvalue weighted by Gasteiger charge is 2.77. The van der Waals surface area contributed by atoms with E-state index in [9.17, 15) is 14.4 Å². The van der Waals surface area contributed by atoms with Gasteiger partial charge in [-0.2, -0.15) is 0 Å². The molecule has 2 heterocycles. The Balaban J connectivity index is 1.97. The summed E-state index contributed by atoms with van der Waals surface area (Å²) in [6.07, 6.45) is 0. The molecular weight excluding hydrogens is 344 g/mol. The second-order valence-corrected chi connectivity index (χ2v) is 7.07. The van der Waals surface area contributed by atoms with E-state index in [0.29, 0.717) is 11.3 Å². The fourth-order valence-electron chi connectivity index (χ4n) is 4.20. The van der Waals surface area contributed by atoms with Crippen molar-refractivity contribution >= 4 is 23.3 Å². The van der Waals surface area contributed by atoms with Gasteiger partial charge in [0.25, 0.3) is 0 Å². The molecule has 1 saturated heterocycles. The van der Waals surface area contributed by atoms with Crippen molar-refractivity contribution in [1.29, 1.82) is 0 Å². The second kappa shape index (κ2) is 5.67. The lowest BCUT2D eigenvalue weighted by atomic mass is 9.75. The van der Waals surface area contributed by atoms with E-state index in [1.54, 1.807) is 29.2 Å². The van der Waals surface area contributed by atoms with Crippen molar-refractivity contribution in [1.82, 2.24) is 4.90 Å². The zero-order valence-electron chi connectivity index (χ0n) is 15.4. The molecule has 2 aromatic rings. The van der Waals surface area contributed by atoms with Crippen LogP contribution in [0.5, 0.6) is 0 Å². The summed E-state index contributed by atoms with van der Waals surface area (Å²) in [6, 6.07) is 14.5. The van der Waals surface area contributed by atoms with Crippen LogP contribution >= 0.6 is 0 Å². The number of fused-ring (bicyclic) bond motifs is 1. The number of ketones is 1. The lowest BCUT2D eigenvalue weighted by Crippen LogP contribution is -2.61. The summed E-state index contributed by atoms with van der Waals surface area (Å²) in [5.41, 5.74) is -0.0887. The molecule has 138 valence electrons. The van der Waals surface area contributed by atoms with Gasteiger partial charge in [0, 0.05) is 18.2 Å². The summed E-state index contributed by atoms with van der Waals surface area (Å²) < 4.78 is 5.08. The number of hydrogen-bond donors (Lipinski definition) is 1. The molecule has 1 amide bonds. The van der Waals surface area contributed by atoms with Gasteiger partial charge in [0.2, 0.25) is 17.2 Å². The highest BCUT2D eigenvalue weighted by Crippen LogP contribution is 2.56. The molecule has 2 aliphatic rings. The summed E-state index contributed by atoms with van der Waals surface area (Å²) >= 11 is 0. The Hall–Kier alpha value is -3.15. The Morgan fingerprint density at radius 3 is 2.33 bits per heavy atom. The average molecular weight is 364 g/mol. The zero-order chi connectivity index (χ0) is 19.4. The summed E-state index contributed by atoms with van der Waals surface area (Å²) in [7, 11) is 1.26. The standard InChI is InChI=1S/C21H20N2O4/c1-13-8-10-15(11-9-13)20(12-23(20)14(2)24)21(19(26)27-3)18(25)16-6-4-5-7-17(16)22-21/h4-11,22H,12H2,1-3H3. The van der Waals surface area contributed by atoms with Crippen LogP contribution in [-0.4, -0.2) is 41.8 Å². The quantitative estimate of drug-likeness (QED) is 0.514. The van der Waals surface area contributed by atoms with Crippen molar-refractivity contribution in [3.63, 3.8) is 0 Å². The van der Waals surface area contributed by atoms with Crippen LogP contribution in [0.15, 0.2) is 48.5 Å². The Morgan fingerprint density at radius 2 is 1.78 bits per heavy atom. The number of nitrogens with zero attached hydrogens (tertiary/aromatic N) is 1. The summed E-state index contributed by atoms with van der Waals surface area (Å²) in [5.74, 6) is -1.29. The molecule has 2 unspecified atom stereocenters. The number of esters is 1. The third-order valence-electron chi connectivity index (χ3n) is 5.60. The number of Topliss-reactive ketones (excluding diaryl/α,β-unsaturated/α-hetero) is 1. The van der Waals surface area contributed by atoms with Crippen molar-refractivity contribution in [2.75, 3.05) is 19.0 Å². The molecule has 0 spiro atoms. The minimum absolute atomic E-state index is 0.204. The number of rotatable bonds is 3. The number of benzene rings is 2. The van der Waals surface area contributed by atoms with Crippen LogP contribution in [-0.2, 0) is 19.9 Å². The molecular formula is C21H20N2O4. The van der Waals surface area contributed by atoms with E-state index in [0.717, 1.165) is 11.1 Å². The maximum absolute atomic E-state index is 13.5. The predicted molar refractivity (Wildman–Crippen MR) is 99.4 cm³/mol. The first-order chi connectivity index (χ1) is 12.9. The Bertz CT molecular complexity index is 968. The van der Waals surface area contributed by atoms with Crippen molar-refractivity contribution in [2.24, 2.45) is 0 Å². The number of carbonyl (C=O) groups excluding carboxylic acids is 3. The summed E-state index contributed by atoms with van der Waals surface area (Å²) in [6.45, 7) is 3.65. The molecule has 2 aliphatic heterocycles. The van der Waals surface area contributed by atoms with Crippen LogP contribution in [0, 0.1) is 6.92 Å². The van der Waals surface area contributed by atoms with Gasteiger partial charge >= 0.3 is 5.97 Å². The van der Waals surface area contributed by atoms with Crippen molar-refractivity contribution < 1.29 is 19.1 Å². The number of amides is 1. The molecule has 6 heteroatoms. The van der Waals surface area contributed by atoms with Crippen LogP contribution < -0.4 is 5.32 Å². The molecule has 0 aliphatic carbocycles. The summed E-state index contributed by atoms with van der Waals surface area (Å²) in [4.78, 5) is 40.4. The van der Waals surface area contributed by atoms with E-state index in [1.165, 1.54) is 14.0 Å². The van der Waals surface area contributed by atoms with E-state index in [1.807, 2.05) is 31.2 Å². The molecule has 4 rings (SSSR count). The topological polar surface area (TPSA) is 75.5 Å². The van der Waals surface area contributed by atoms with Gasteiger partial charge in [-0.05, 0) is 24.6 Å². The monoisotopic (exact) mass is 364 g/mol. The van der Waals surface area contributed by atoms with Gasteiger partial charge in [0.15, 0.2) is 0 Å². The van der Waals surface area contributed by atoms with Crippen LogP contribution in [0.25, 0.3) is 0 Å². The Kier molecular flexibility index (Phi) is 3.63. The van der Waals surface area contributed by atoms with Crippen LogP contribution in [0.2, 0.25) is 0 Å². The van der Waals surface area contributed by atoms with Crippen LogP contribution in [0.3, 0.4) is 0 Å². The van der Waals surface area contributed by atoms with Gasteiger partial charge in [0.05, 0.1) is 13.7 Å². The largest absolute Gasteiger partial charge is 0.467 e. The van der Waals surface area contributed by atoms with E-state index in [4.69, 9.17) is 4.74 Å². The van der Waals surface area contributed by atoms with Crippen molar-refractivity contribution in [3.05, 3.63) is 65.2 Å². The Labute approximate surface area is 157 Å². The third-order valence-corrected chi connectivity index (χ3v) is 5.60. The fraction of sp³-hybridized carbons (Fsp3) is 0.286. The molecule has 1 fully saturated rings. The number of nitrogens with one attached hydrogen (secondary N) is 1. The van der Waals surface area contributed by atoms with Gasteiger partial charge in [-0.15, -0.1) is 0 Å². The predicted octanol–water partition coefficient (Wildman–Crippen LogP) is 2.27. The van der Waals surface area contributed by atoms with Crippen LogP contribution in [0.1, 0.15) is 28.4 Å². The smallest absolute Gasteiger partial charge is 0.342 e. The Morgan fingerprint density at radius 1 is 1.11 bits per heavy atom. The van der Waals surface area contributed by atoms with Gasteiger partial charge in [-0.25, -0.2) is 4.79 Å². The number of para-hydroxylation sites is 1. The lowest BCUT2D eigenvalue weighted by Gasteiger charge is -2.35. The highest BCUT2D eigenvalue weighted by atomic mass is 16.5. The normalized spacial score (nSPS) is 25.6. The number of methoxy groups -OCH3 is 1. The van der Waals surface area contributed by atoms with Gasteiger partial charge in [-0.3, -0.25) is 9.59 Å². The molecule has 0 saturated carbocycles. The number of aryl methyl sites for hydroxylation is 1. The number of hydrogen-bond acceptors (Lipinski definition) is 5. The lowest BCUT2D eigenvalue weighted by molar-refractivity contribution is -0.146. The molecule has 0 radical (unpaired) electrons. The van der Waals surface area contributed by atoms with Crippen molar-refractivity contribution in [2.45, 2.75) is 24.9 Å². The first-order valence-electron chi connectivity index (χ1n) is 8.74. The minimum Gasteiger partial charge on any atom is -0.467 e.